The number of nitrogens with zero attached hydrogens (tertiary/aromatic N) is 1. The Labute approximate surface area is 161 Å². The highest BCUT2D eigenvalue weighted by atomic mass is 19.2. The molecule has 28 heavy (non-hydrogen) atoms. The maximum Gasteiger partial charge on any atom is 0.274 e. The molecular weight excluding hydrogens is 364 g/mol. The average Bonchev–Trinajstić information content (AvgIpc) is 2.71. The number of aromatic nitrogens is 1. The number of amides is 1. The van der Waals surface area contributed by atoms with Crippen LogP contribution in [0.25, 0.3) is 0 Å². The normalized spacial score (nSPS) is 10.4. The van der Waals surface area contributed by atoms with Gasteiger partial charge in [-0.1, -0.05) is 18.2 Å². The van der Waals surface area contributed by atoms with Crippen molar-refractivity contribution in [2.45, 2.75) is 6.42 Å². The molecule has 1 aromatic heterocycles. The second-order valence-electron chi connectivity index (χ2n) is 6.00. The van der Waals surface area contributed by atoms with Gasteiger partial charge < -0.3 is 15.4 Å². The number of halogens is 2. The first-order valence-corrected chi connectivity index (χ1v) is 8.65. The number of carbonyl (C=O) groups excluding carboxylic acids is 1. The molecule has 0 aliphatic carbocycles. The SMILES string of the molecule is COc1ccccc1CCNc1ccnc(C(=O)Nc2ccc(F)c(F)c2)c1. The van der Waals surface area contributed by atoms with Crippen molar-refractivity contribution in [3.8, 4) is 5.75 Å². The van der Waals surface area contributed by atoms with Crippen LogP contribution in [0.15, 0.2) is 60.8 Å². The Morgan fingerprint density at radius 3 is 2.64 bits per heavy atom. The zero-order chi connectivity index (χ0) is 19.9. The number of pyridine rings is 1. The van der Waals surface area contributed by atoms with E-state index in [2.05, 4.69) is 15.6 Å². The molecule has 0 aliphatic rings. The van der Waals surface area contributed by atoms with Gasteiger partial charge in [-0.3, -0.25) is 9.78 Å². The first-order chi connectivity index (χ1) is 13.6. The minimum absolute atomic E-state index is 0.153. The van der Waals surface area contributed by atoms with Crippen LogP contribution >= 0.6 is 0 Å². The lowest BCUT2D eigenvalue weighted by Gasteiger charge is -2.11. The number of para-hydroxylation sites is 1. The summed E-state index contributed by atoms with van der Waals surface area (Å²) >= 11 is 0. The van der Waals surface area contributed by atoms with Gasteiger partial charge in [-0.15, -0.1) is 0 Å². The summed E-state index contributed by atoms with van der Waals surface area (Å²) in [6.45, 7) is 0.634. The Morgan fingerprint density at radius 2 is 1.86 bits per heavy atom. The molecule has 1 amide bonds. The van der Waals surface area contributed by atoms with Gasteiger partial charge in [-0.2, -0.15) is 0 Å². The van der Waals surface area contributed by atoms with E-state index in [0.29, 0.717) is 6.54 Å². The van der Waals surface area contributed by atoms with Crippen LogP contribution in [0.5, 0.6) is 5.75 Å². The lowest BCUT2D eigenvalue weighted by Crippen LogP contribution is -2.14. The van der Waals surface area contributed by atoms with Crippen molar-refractivity contribution in [1.82, 2.24) is 4.98 Å². The van der Waals surface area contributed by atoms with Crippen LogP contribution in [-0.4, -0.2) is 24.5 Å². The number of carbonyl (C=O) groups is 1. The van der Waals surface area contributed by atoms with Crippen molar-refractivity contribution < 1.29 is 18.3 Å². The van der Waals surface area contributed by atoms with E-state index in [1.54, 1.807) is 19.2 Å². The van der Waals surface area contributed by atoms with Crippen LogP contribution in [-0.2, 0) is 6.42 Å². The molecule has 0 saturated carbocycles. The second-order valence-corrected chi connectivity index (χ2v) is 6.00. The fourth-order valence-electron chi connectivity index (χ4n) is 2.68. The van der Waals surface area contributed by atoms with E-state index < -0.39 is 17.5 Å². The van der Waals surface area contributed by atoms with Crippen LogP contribution in [0.4, 0.5) is 20.2 Å². The number of hydrogen-bond donors (Lipinski definition) is 2. The van der Waals surface area contributed by atoms with Crippen molar-refractivity contribution in [1.29, 1.82) is 0 Å². The monoisotopic (exact) mass is 383 g/mol. The summed E-state index contributed by atoms with van der Waals surface area (Å²) in [5, 5.41) is 5.73. The maximum absolute atomic E-state index is 13.3. The Morgan fingerprint density at radius 1 is 1.04 bits per heavy atom. The molecule has 0 radical (unpaired) electrons. The minimum atomic E-state index is -1.03. The van der Waals surface area contributed by atoms with Crippen LogP contribution in [0.3, 0.4) is 0 Å². The number of nitrogens with one attached hydrogen (secondary N) is 2. The molecule has 0 saturated heterocycles. The quantitative estimate of drug-likeness (QED) is 0.639. The Balaban J connectivity index is 1.61. The minimum Gasteiger partial charge on any atom is -0.496 e. The molecule has 3 rings (SSSR count). The third-order valence-corrected chi connectivity index (χ3v) is 4.09. The van der Waals surface area contributed by atoms with E-state index in [9.17, 15) is 13.6 Å². The highest BCUT2D eigenvalue weighted by Gasteiger charge is 2.10. The summed E-state index contributed by atoms with van der Waals surface area (Å²) in [5.74, 6) is -1.69. The van der Waals surface area contributed by atoms with Crippen molar-refractivity contribution in [2.24, 2.45) is 0 Å². The average molecular weight is 383 g/mol. The molecule has 0 bridgehead atoms. The highest BCUT2D eigenvalue weighted by molar-refractivity contribution is 6.03. The predicted octanol–water partition coefficient (Wildman–Crippen LogP) is 4.28. The lowest BCUT2D eigenvalue weighted by atomic mass is 10.1. The molecule has 7 heteroatoms. The molecule has 3 aromatic rings. The van der Waals surface area contributed by atoms with E-state index in [4.69, 9.17) is 4.74 Å². The van der Waals surface area contributed by atoms with E-state index in [1.807, 2.05) is 24.3 Å². The molecule has 0 aliphatic heterocycles. The van der Waals surface area contributed by atoms with Crippen molar-refractivity contribution in [3.63, 3.8) is 0 Å². The van der Waals surface area contributed by atoms with Crippen molar-refractivity contribution in [2.75, 3.05) is 24.3 Å². The largest absolute Gasteiger partial charge is 0.496 e. The lowest BCUT2D eigenvalue weighted by molar-refractivity contribution is 0.102. The van der Waals surface area contributed by atoms with Crippen LogP contribution in [0.1, 0.15) is 16.1 Å². The van der Waals surface area contributed by atoms with Crippen molar-refractivity contribution in [3.05, 3.63) is 83.7 Å². The van der Waals surface area contributed by atoms with Gasteiger partial charge in [0.2, 0.25) is 0 Å². The molecule has 0 atom stereocenters. The van der Waals surface area contributed by atoms with Gasteiger partial charge in [0.05, 0.1) is 7.11 Å². The molecule has 144 valence electrons. The van der Waals surface area contributed by atoms with Gasteiger partial charge in [-0.05, 0) is 42.3 Å². The van der Waals surface area contributed by atoms with Gasteiger partial charge in [0.1, 0.15) is 11.4 Å². The first kappa shape index (κ1) is 19.3. The van der Waals surface area contributed by atoms with Gasteiger partial charge in [-0.25, -0.2) is 8.78 Å². The van der Waals surface area contributed by atoms with E-state index in [-0.39, 0.29) is 11.4 Å². The Bertz CT molecular complexity index is 979. The third-order valence-electron chi connectivity index (χ3n) is 4.09. The number of methoxy groups -OCH3 is 1. The summed E-state index contributed by atoms with van der Waals surface area (Å²) in [7, 11) is 1.63. The Hall–Kier alpha value is -3.48. The summed E-state index contributed by atoms with van der Waals surface area (Å²) in [6.07, 6.45) is 2.24. The smallest absolute Gasteiger partial charge is 0.274 e. The Kier molecular flexibility index (Phi) is 6.16. The summed E-state index contributed by atoms with van der Waals surface area (Å²) in [5.41, 5.74) is 2.11. The number of benzene rings is 2. The summed E-state index contributed by atoms with van der Waals surface area (Å²) in [6, 6.07) is 14.3. The van der Waals surface area contributed by atoms with E-state index >= 15 is 0 Å². The molecule has 0 fully saturated rings. The van der Waals surface area contributed by atoms with Crippen molar-refractivity contribution >= 4 is 17.3 Å². The molecule has 1 heterocycles. The molecule has 0 unspecified atom stereocenters. The van der Waals surface area contributed by atoms with Crippen LogP contribution in [0.2, 0.25) is 0 Å². The molecule has 2 aromatic carbocycles. The number of hydrogen-bond acceptors (Lipinski definition) is 4. The van der Waals surface area contributed by atoms with Gasteiger partial charge in [0, 0.05) is 30.2 Å². The topological polar surface area (TPSA) is 63.2 Å². The number of ether oxygens (including phenoxy) is 1. The molecule has 5 nitrogen and oxygen atoms in total. The fraction of sp³-hybridized carbons (Fsp3) is 0.143. The fourth-order valence-corrected chi connectivity index (χ4v) is 2.68. The van der Waals surface area contributed by atoms with Gasteiger partial charge in [0.15, 0.2) is 11.6 Å². The van der Waals surface area contributed by atoms with Crippen LogP contribution in [0, 0.1) is 11.6 Å². The number of anilines is 2. The molecular formula is C21H19F2N3O2. The summed E-state index contributed by atoms with van der Waals surface area (Å²) < 4.78 is 31.6. The van der Waals surface area contributed by atoms with E-state index in [0.717, 1.165) is 35.6 Å². The van der Waals surface area contributed by atoms with Crippen LogP contribution < -0.4 is 15.4 Å². The van der Waals surface area contributed by atoms with Gasteiger partial charge >= 0.3 is 0 Å². The number of rotatable bonds is 7. The molecule has 2 N–H and O–H groups in total. The second kappa shape index (κ2) is 8.94. The standard InChI is InChI=1S/C21H19F2N3O2/c1-28-20-5-3-2-4-14(20)8-10-24-15-9-11-25-19(13-15)21(27)26-16-6-7-17(22)18(23)12-16/h2-7,9,11-13H,8,10H2,1H3,(H,24,25)(H,26,27). The maximum atomic E-state index is 13.3. The summed E-state index contributed by atoms with van der Waals surface area (Å²) in [4.78, 5) is 16.3. The highest BCUT2D eigenvalue weighted by Crippen LogP contribution is 2.18. The zero-order valence-electron chi connectivity index (χ0n) is 15.2. The van der Waals surface area contributed by atoms with Gasteiger partial charge in [0.25, 0.3) is 5.91 Å². The first-order valence-electron chi connectivity index (χ1n) is 8.65. The third kappa shape index (κ3) is 4.82. The predicted molar refractivity (Wildman–Crippen MR) is 104 cm³/mol. The molecule has 0 spiro atoms. The zero-order valence-corrected chi connectivity index (χ0v) is 15.2. The van der Waals surface area contributed by atoms with E-state index in [1.165, 1.54) is 12.3 Å².